The van der Waals surface area contributed by atoms with Crippen LogP contribution in [0.15, 0.2) is 0 Å². The van der Waals surface area contributed by atoms with E-state index in [1.807, 2.05) is 0 Å². The Morgan fingerprint density at radius 3 is 2.89 bits per heavy atom. The van der Waals surface area contributed by atoms with Crippen molar-refractivity contribution >= 4 is 0 Å². The Labute approximate surface area is 57.8 Å². The molecule has 0 bridgehead atoms. The van der Waals surface area contributed by atoms with E-state index in [0.29, 0.717) is 0 Å². The minimum atomic E-state index is 0.752. The molecule has 2 unspecified atom stereocenters. The second-order valence-electron chi connectivity index (χ2n) is 3.34. The van der Waals surface area contributed by atoms with E-state index >= 15 is 0 Å². The van der Waals surface area contributed by atoms with Gasteiger partial charge in [0.1, 0.15) is 0 Å². The van der Waals surface area contributed by atoms with Gasteiger partial charge in [0.25, 0.3) is 0 Å². The molecule has 1 saturated heterocycles. The molecule has 1 aliphatic heterocycles. The van der Waals surface area contributed by atoms with E-state index in [-0.39, 0.29) is 0 Å². The van der Waals surface area contributed by atoms with Gasteiger partial charge >= 0.3 is 0 Å². The molecule has 1 heteroatoms. The highest BCUT2D eigenvalue weighted by molar-refractivity contribution is 4.69. The van der Waals surface area contributed by atoms with Gasteiger partial charge in [0.15, 0.2) is 0 Å². The minimum Gasteiger partial charge on any atom is -0.314 e. The lowest BCUT2D eigenvalue weighted by Crippen LogP contribution is -2.25. The molecule has 0 aromatic heterocycles. The van der Waals surface area contributed by atoms with Crippen molar-refractivity contribution in [1.29, 1.82) is 0 Å². The highest BCUT2D eigenvalue weighted by atomic mass is 14.9. The molecule has 9 heavy (non-hydrogen) atoms. The Morgan fingerprint density at radius 2 is 2.11 bits per heavy atom. The molecule has 1 heterocycles. The lowest BCUT2D eigenvalue weighted by Gasteiger charge is -2.11. The summed E-state index contributed by atoms with van der Waals surface area (Å²) in [5, 5.41) is 3.47. The standard InChI is InChI=1S/C8H17N/c1-7-4-3-5-9-8(2)6-7/h7-9H,3-6H2,1-2H3. The third-order valence-corrected chi connectivity index (χ3v) is 2.12. The maximum absolute atomic E-state index is 3.47. The first-order chi connectivity index (χ1) is 4.29. The first-order valence-corrected chi connectivity index (χ1v) is 4.02. The summed E-state index contributed by atoms with van der Waals surface area (Å²) in [6.07, 6.45) is 4.14. The fourth-order valence-electron chi connectivity index (χ4n) is 1.60. The van der Waals surface area contributed by atoms with Gasteiger partial charge in [-0.2, -0.15) is 0 Å². The number of hydrogen-bond donors (Lipinski definition) is 1. The van der Waals surface area contributed by atoms with E-state index in [9.17, 15) is 0 Å². The number of nitrogens with one attached hydrogen (secondary N) is 1. The normalized spacial score (nSPS) is 38.0. The Morgan fingerprint density at radius 1 is 1.33 bits per heavy atom. The first kappa shape index (κ1) is 7.07. The van der Waals surface area contributed by atoms with Gasteiger partial charge in [-0.25, -0.2) is 0 Å². The van der Waals surface area contributed by atoms with Crippen molar-refractivity contribution in [2.45, 2.75) is 39.2 Å². The van der Waals surface area contributed by atoms with E-state index in [1.54, 1.807) is 0 Å². The molecule has 1 fully saturated rings. The quantitative estimate of drug-likeness (QED) is 0.523. The molecule has 1 rings (SSSR count). The molecule has 0 spiro atoms. The lowest BCUT2D eigenvalue weighted by atomic mass is 10.0. The van der Waals surface area contributed by atoms with Crippen LogP contribution in [0.3, 0.4) is 0 Å². The van der Waals surface area contributed by atoms with E-state index in [2.05, 4.69) is 19.2 Å². The van der Waals surface area contributed by atoms with Crippen LogP contribution < -0.4 is 5.32 Å². The Hall–Kier alpha value is -0.0400. The molecule has 0 amide bonds. The molecule has 0 saturated carbocycles. The molecule has 0 radical (unpaired) electrons. The summed E-state index contributed by atoms with van der Waals surface area (Å²) in [7, 11) is 0. The first-order valence-electron chi connectivity index (χ1n) is 4.02. The van der Waals surface area contributed by atoms with Crippen LogP contribution in [0.5, 0.6) is 0 Å². The van der Waals surface area contributed by atoms with Crippen LogP contribution in [-0.2, 0) is 0 Å². The van der Waals surface area contributed by atoms with Gasteiger partial charge in [0.2, 0.25) is 0 Å². The van der Waals surface area contributed by atoms with Gasteiger partial charge in [-0.05, 0) is 38.6 Å². The zero-order valence-electron chi connectivity index (χ0n) is 6.48. The third kappa shape index (κ3) is 2.35. The summed E-state index contributed by atoms with van der Waals surface area (Å²) in [6.45, 7) is 5.86. The molecule has 1 nitrogen and oxygen atoms in total. The van der Waals surface area contributed by atoms with E-state index in [4.69, 9.17) is 0 Å². The smallest absolute Gasteiger partial charge is 0.00412 e. The highest BCUT2D eigenvalue weighted by Crippen LogP contribution is 2.15. The average molecular weight is 127 g/mol. The third-order valence-electron chi connectivity index (χ3n) is 2.12. The molecule has 0 aliphatic carbocycles. The Bertz CT molecular complexity index is 70.6. The maximum atomic E-state index is 3.47. The fraction of sp³-hybridized carbons (Fsp3) is 1.00. The van der Waals surface area contributed by atoms with Crippen molar-refractivity contribution in [2.75, 3.05) is 6.54 Å². The summed E-state index contributed by atoms with van der Waals surface area (Å²) in [4.78, 5) is 0. The van der Waals surface area contributed by atoms with Crippen LogP contribution >= 0.6 is 0 Å². The number of hydrogen-bond acceptors (Lipinski definition) is 1. The van der Waals surface area contributed by atoms with Crippen LogP contribution in [0.25, 0.3) is 0 Å². The maximum Gasteiger partial charge on any atom is 0.00412 e. The summed E-state index contributed by atoms with van der Waals surface area (Å²) >= 11 is 0. The van der Waals surface area contributed by atoms with E-state index < -0.39 is 0 Å². The Kier molecular flexibility index (Phi) is 2.52. The fourth-order valence-corrected chi connectivity index (χ4v) is 1.60. The number of rotatable bonds is 0. The van der Waals surface area contributed by atoms with Gasteiger partial charge in [0, 0.05) is 6.04 Å². The Balaban J connectivity index is 2.29. The van der Waals surface area contributed by atoms with Crippen LogP contribution in [-0.4, -0.2) is 12.6 Å². The molecule has 0 aromatic carbocycles. The van der Waals surface area contributed by atoms with Gasteiger partial charge in [0.05, 0.1) is 0 Å². The van der Waals surface area contributed by atoms with Crippen LogP contribution in [0.1, 0.15) is 33.1 Å². The topological polar surface area (TPSA) is 12.0 Å². The monoisotopic (exact) mass is 127 g/mol. The van der Waals surface area contributed by atoms with Crippen molar-refractivity contribution in [2.24, 2.45) is 5.92 Å². The molecular formula is C8H17N. The van der Waals surface area contributed by atoms with Crippen LogP contribution in [0, 0.1) is 5.92 Å². The molecule has 0 aromatic rings. The van der Waals surface area contributed by atoms with Gasteiger partial charge < -0.3 is 5.32 Å². The summed E-state index contributed by atoms with van der Waals surface area (Å²) in [5.41, 5.74) is 0. The predicted octanol–water partition coefficient (Wildman–Crippen LogP) is 1.78. The average Bonchev–Trinajstić information content (AvgIpc) is 1.93. The zero-order chi connectivity index (χ0) is 6.69. The SMILES string of the molecule is CC1CCCNC(C)C1. The molecule has 1 aliphatic rings. The minimum absolute atomic E-state index is 0.752. The summed E-state index contributed by atoms with van der Waals surface area (Å²) in [5.74, 6) is 0.940. The largest absolute Gasteiger partial charge is 0.314 e. The second-order valence-corrected chi connectivity index (χ2v) is 3.34. The van der Waals surface area contributed by atoms with Crippen molar-refractivity contribution < 1.29 is 0 Å². The van der Waals surface area contributed by atoms with Crippen molar-refractivity contribution in [3.05, 3.63) is 0 Å². The predicted molar refractivity (Wildman–Crippen MR) is 40.5 cm³/mol. The summed E-state index contributed by atoms with van der Waals surface area (Å²) < 4.78 is 0. The van der Waals surface area contributed by atoms with Crippen LogP contribution in [0.2, 0.25) is 0 Å². The molecule has 1 N–H and O–H groups in total. The highest BCUT2D eigenvalue weighted by Gasteiger charge is 2.11. The summed E-state index contributed by atoms with van der Waals surface area (Å²) in [6, 6.07) is 0.752. The van der Waals surface area contributed by atoms with E-state index in [0.717, 1.165) is 12.0 Å². The van der Waals surface area contributed by atoms with Gasteiger partial charge in [-0.1, -0.05) is 6.92 Å². The van der Waals surface area contributed by atoms with Crippen LogP contribution in [0.4, 0.5) is 0 Å². The molecular weight excluding hydrogens is 110 g/mol. The van der Waals surface area contributed by atoms with Gasteiger partial charge in [-0.15, -0.1) is 0 Å². The molecule has 2 atom stereocenters. The lowest BCUT2D eigenvalue weighted by molar-refractivity contribution is 0.461. The van der Waals surface area contributed by atoms with Crippen molar-refractivity contribution in [1.82, 2.24) is 5.32 Å². The van der Waals surface area contributed by atoms with E-state index in [1.165, 1.54) is 25.8 Å². The van der Waals surface area contributed by atoms with Crippen molar-refractivity contribution in [3.8, 4) is 0 Å². The second kappa shape index (κ2) is 3.21. The van der Waals surface area contributed by atoms with Gasteiger partial charge in [-0.3, -0.25) is 0 Å². The molecule has 54 valence electrons. The zero-order valence-corrected chi connectivity index (χ0v) is 6.48. The van der Waals surface area contributed by atoms with Crippen molar-refractivity contribution in [3.63, 3.8) is 0 Å².